The minimum atomic E-state index is -3.63. The molecule has 2 N–H and O–H groups in total. The van der Waals surface area contributed by atoms with Gasteiger partial charge in [-0.3, -0.25) is 4.57 Å². The van der Waals surface area contributed by atoms with Gasteiger partial charge in [0.15, 0.2) is 0 Å². The zero-order chi connectivity index (χ0) is 21.8. The summed E-state index contributed by atoms with van der Waals surface area (Å²) in [5.74, 6) is -0.451. The molecule has 9 heteroatoms. The van der Waals surface area contributed by atoms with Crippen molar-refractivity contribution in [2.75, 3.05) is 0 Å². The fourth-order valence-corrected chi connectivity index (χ4v) is 7.69. The minimum absolute atomic E-state index is 0.0728. The van der Waals surface area contributed by atoms with Crippen molar-refractivity contribution in [2.45, 2.75) is 42.2 Å². The van der Waals surface area contributed by atoms with Crippen LogP contribution >= 0.6 is 23.2 Å². The van der Waals surface area contributed by atoms with E-state index in [-0.39, 0.29) is 40.6 Å². The molecular weight excluding hydrogens is 459 g/mol. The minimum Gasteiger partial charge on any atom is -0.494 e. The molecule has 2 aromatic carbocycles. The molecule has 4 unspecified atom stereocenters. The number of aromatic hydroxyl groups is 2. The van der Waals surface area contributed by atoms with Gasteiger partial charge in [-0.05, 0) is 43.7 Å². The maximum Gasteiger partial charge on any atom is 0.243 e. The second kappa shape index (κ2) is 6.19. The Bertz CT molecular complexity index is 1330. The largest absolute Gasteiger partial charge is 0.494 e. The molecule has 6 nitrogen and oxygen atoms in total. The predicted octanol–water partition coefficient (Wildman–Crippen LogP) is 4.53. The average molecular weight is 477 g/mol. The lowest BCUT2D eigenvalue weighted by molar-refractivity contribution is 0.388. The van der Waals surface area contributed by atoms with Crippen LogP contribution in [-0.2, 0) is 10.0 Å². The van der Waals surface area contributed by atoms with Gasteiger partial charge in [-0.25, -0.2) is 8.42 Å². The first-order chi connectivity index (χ1) is 14.7. The Labute approximate surface area is 189 Å². The number of aromatic nitrogens is 1. The summed E-state index contributed by atoms with van der Waals surface area (Å²) in [6.07, 6.45) is 0.725. The third kappa shape index (κ3) is 2.46. The van der Waals surface area contributed by atoms with Crippen molar-refractivity contribution in [3.8, 4) is 17.4 Å². The van der Waals surface area contributed by atoms with Gasteiger partial charge in [0.1, 0.15) is 0 Å². The van der Waals surface area contributed by atoms with Crippen molar-refractivity contribution >= 4 is 33.2 Å². The molecule has 4 atom stereocenters. The van der Waals surface area contributed by atoms with E-state index in [9.17, 15) is 18.6 Å². The number of hydrogen-bond acceptors (Lipinski definition) is 4. The summed E-state index contributed by atoms with van der Waals surface area (Å²) in [5.41, 5.74) is 2.76. The summed E-state index contributed by atoms with van der Waals surface area (Å²) in [4.78, 5) is 0.269. The van der Waals surface area contributed by atoms with E-state index in [1.807, 2.05) is 6.92 Å². The average Bonchev–Trinajstić information content (AvgIpc) is 3.12. The quantitative estimate of drug-likeness (QED) is 0.544. The summed E-state index contributed by atoms with van der Waals surface area (Å²) in [6.45, 7) is 1.91. The van der Waals surface area contributed by atoms with E-state index in [1.165, 1.54) is 4.57 Å². The summed E-state index contributed by atoms with van der Waals surface area (Å²) in [7, 11) is -3.63. The van der Waals surface area contributed by atoms with Crippen LogP contribution in [0.5, 0.6) is 11.8 Å². The Kier molecular flexibility index (Phi) is 3.89. The molecule has 0 radical (unpaired) electrons. The SMILES string of the molecule is Cc1ccc(S(=O)(=O)N2C3C4CC(c5c4c(O)n(-c4ccc(Cl)c(Cl)c4)c5O)C32)cc1. The maximum absolute atomic E-state index is 13.2. The van der Waals surface area contributed by atoms with Crippen molar-refractivity contribution in [2.24, 2.45) is 0 Å². The van der Waals surface area contributed by atoms with Crippen molar-refractivity contribution in [3.63, 3.8) is 0 Å². The molecule has 1 aliphatic heterocycles. The third-order valence-corrected chi connectivity index (χ3v) is 9.52. The van der Waals surface area contributed by atoms with Crippen molar-refractivity contribution in [1.29, 1.82) is 0 Å². The molecule has 3 aliphatic rings. The first-order valence-electron chi connectivity index (χ1n) is 9.94. The van der Waals surface area contributed by atoms with Gasteiger partial charge in [-0.15, -0.1) is 0 Å². The Balaban J connectivity index is 1.39. The first kappa shape index (κ1) is 19.5. The predicted molar refractivity (Wildman–Crippen MR) is 117 cm³/mol. The van der Waals surface area contributed by atoms with Gasteiger partial charge in [0, 0.05) is 35.0 Å². The van der Waals surface area contributed by atoms with Crippen LogP contribution in [-0.4, -0.2) is 39.6 Å². The number of hydrogen-bond donors (Lipinski definition) is 2. The van der Waals surface area contributed by atoms with Crippen LogP contribution < -0.4 is 0 Å². The van der Waals surface area contributed by atoms with E-state index in [4.69, 9.17) is 23.2 Å². The number of aryl methyl sites for hydroxylation is 1. The molecule has 0 amide bonds. The molecule has 6 rings (SSSR count). The number of halogens is 2. The van der Waals surface area contributed by atoms with E-state index in [2.05, 4.69) is 0 Å². The number of rotatable bonds is 3. The molecule has 2 aliphatic carbocycles. The van der Waals surface area contributed by atoms with Crippen LogP contribution in [0.4, 0.5) is 0 Å². The standard InChI is InChI=1S/C22H18Cl2N2O4S/c1-10-2-5-12(6-3-10)31(29,30)26-19-13-9-14(20(19)26)18-17(13)21(27)25(22(18)28)11-4-7-15(23)16(24)8-11/h2-8,13-14,19-20,27-28H,9H2,1H3. The highest BCUT2D eigenvalue weighted by Crippen LogP contribution is 2.69. The van der Waals surface area contributed by atoms with Crippen LogP contribution in [0.2, 0.25) is 10.0 Å². The molecule has 0 spiro atoms. The normalized spacial score (nSPS) is 27.9. The van der Waals surface area contributed by atoms with Crippen LogP contribution in [0.1, 0.15) is 34.9 Å². The fraction of sp³-hybridized carbons (Fsp3) is 0.273. The first-order valence-corrected chi connectivity index (χ1v) is 12.1. The topological polar surface area (TPSA) is 82.5 Å². The molecule has 2 heterocycles. The molecule has 1 saturated carbocycles. The van der Waals surface area contributed by atoms with Gasteiger partial charge in [0.2, 0.25) is 21.8 Å². The van der Waals surface area contributed by atoms with Gasteiger partial charge >= 0.3 is 0 Å². The van der Waals surface area contributed by atoms with Gasteiger partial charge < -0.3 is 10.2 Å². The van der Waals surface area contributed by atoms with Crippen LogP contribution in [0.15, 0.2) is 47.4 Å². The van der Waals surface area contributed by atoms with E-state index >= 15 is 0 Å². The molecule has 1 saturated heterocycles. The van der Waals surface area contributed by atoms with E-state index in [0.717, 1.165) is 12.0 Å². The smallest absolute Gasteiger partial charge is 0.243 e. The number of fused-ring (bicyclic) bond motifs is 8. The third-order valence-electron chi connectivity index (χ3n) is 6.88. The number of nitrogens with zero attached hydrogens (tertiary/aromatic N) is 2. The number of piperidine rings is 1. The second-order valence-electron chi connectivity index (χ2n) is 8.49. The maximum atomic E-state index is 13.2. The van der Waals surface area contributed by atoms with Gasteiger partial charge in [-0.1, -0.05) is 40.9 Å². The molecule has 31 heavy (non-hydrogen) atoms. The molecule has 1 aromatic heterocycles. The summed E-state index contributed by atoms with van der Waals surface area (Å²) < 4.78 is 29.3. The van der Waals surface area contributed by atoms with Gasteiger partial charge in [0.25, 0.3) is 0 Å². The Morgan fingerprint density at radius 3 is 2.03 bits per heavy atom. The fourth-order valence-electron chi connectivity index (χ4n) is 5.54. The Hall–Kier alpha value is -2.19. The monoisotopic (exact) mass is 476 g/mol. The molecule has 3 aromatic rings. The highest BCUT2D eigenvalue weighted by Gasteiger charge is 2.72. The van der Waals surface area contributed by atoms with Crippen LogP contribution in [0, 0.1) is 6.92 Å². The molecular formula is C22H18Cl2N2O4S. The number of benzene rings is 2. The van der Waals surface area contributed by atoms with E-state index in [1.54, 1.807) is 46.8 Å². The summed E-state index contributed by atoms with van der Waals surface area (Å²) in [5, 5.41) is 22.7. The Morgan fingerprint density at radius 2 is 1.48 bits per heavy atom. The van der Waals surface area contributed by atoms with Crippen molar-refractivity contribution < 1.29 is 18.6 Å². The zero-order valence-corrected chi connectivity index (χ0v) is 18.7. The lowest BCUT2D eigenvalue weighted by Gasteiger charge is -2.16. The van der Waals surface area contributed by atoms with Crippen molar-refractivity contribution in [1.82, 2.24) is 8.87 Å². The van der Waals surface area contributed by atoms with Gasteiger partial charge in [0.05, 0.1) is 20.6 Å². The van der Waals surface area contributed by atoms with Crippen LogP contribution in [0.3, 0.4) is 0 Å². The van der Waals surface area contributed by atoms with E-state index in [0.29, 0.717) is 26.9 Å². The molecule has 160 valence electrons. The van der Waals surface area contributed by atoms with E-state index < -0.39 is 10.0 Å². The summed E-state index contributed by atoms with van der Waals surface area (Å²) >= 11 is 12.1. The highest BCUT2D eigenvalue weighted by molar-refractivity contribution is 7.89. The Morgan fingerprint density at radius 1 is 0.903 bits per heavy atom. The zero-order valence-electron chi connectivity index (χ0n) is 16.3. The highest BCUT2D eigenvalue weighted by atomic mass is 35.5. The lowest BCUT2D eigenvalue weighted by Crippen LogP contribution is -2.20. The lowest BCUT2D eigenvalue weighted by atomic mass is 9.95. The van der Waals surface area contributed by atoms with Gasteiger partial charge in [-0.2, -0.15) is 4.31 Å². The van der Waals surface area contributed by atoms with Crippen molar-refractivity contribution in [3.05, 3.63) is 69.2 Å². The molecule has 2 bridgehead atoms. The summed E-state index contributed by atoms with van der Waals surface area (Å²) in [6, 6.07) is 11.3. The van der Waals surface area contributed by atoms with Crippen LogP contribution in [0.25, 0.3) is 5.69 Å². The molecule has 2 fully saturated rings. The number of sulfonamides is 1. The second-order valence-corrected chi connectivity index (χ2v) is 11.1.